The summed E-state index contributed by atoms with van der Waals surface area (Å²) in [5.41, 5.74) is 0.774. The van der Waals surface area contributed by atoms with Gasteiger partial charge in [-0.05, 0) is 36.8 Å². The zero-order chi connectivity index (χ0) is 14.2. The maximum atomic E-state index is 12.8. The van der Waals surface area contributed by atoms with E-state index in [9.17, 15) is 4.39 Å². The van der Waals surface area contributed by atoms with Crippen LogP contribution in [0.1, 0.15) is 6.42 Å². The van der Waals surface area contributed by atoms with Gasteiger partial charge in [0.25, 0.3) is 0 Å². The maximum Gasteiger partial charge on any atom is 0.224 e. The summed E-state index contributed by atoms with van der Waals surface area (Å²) in [7, 11) is 1.67. The zero-order valence-electron chi connectivity index (χ0n) is 11.3. The van der Waals surface area contributed by atoms with E-state index in [4.69, 9.17) is 4.74 Å². The summed E-state index contributed by atoms with van der Waals surface area (Å²) < 4.78 is 17.8. The predicted octanol–water partition coefficient (Wildman–Crippen LogP) is 2.81. The molecule has 1 heterocycles. The van der Waals surface area contributed by atoms with Gasteiger partial charge in [0.2, 0.25) is 5.95 Å². The van der Waals surface area contributed by atoms with Crippen molar-refractivity contribution in [3.8, 4) is 0 Å². The maximum absolute atomic E-state index is 12.8. The van der Waals surface area contributed by atoms with Gasteiger partial charge in [-0.1, -0.05) is 0 Å². The van der Waals surface area contributed by atoms with Crippen molar-refractivity contribution in [2.45, 2.75) is 6.42 Å². The molecule has 1 aromatic carbocycles. The van der Waals surface area contributed by atoms with Crippen LogP contribution < -0.4 is 10.6 Å². The van der Waals surface area contributed by atoms with E-state index in [-0.39, 0.29) is 5.82 Å². The Morgan fingerprint density at radius 1 is 1.20 bits per heavy atom. The number of methoxy groups -OCH3 is 1. The summed E-state index contributed by atoms with van der Waals surface area (Å²) in [6, 6.07) is 7.86. The lowest BCUT2D eigenvalue weighted by Crippen LogP contribution is -2.08. The van der Waals surface area contributed by atoms with Crippen LogP contribution in [-0.2, 0) is 4.74 Å². The first-order chi connectivity index (χ1) is 9.78. The lowest BCUT2D eigenvalue weighted by molar-refractivity contribution is 0.197. The number of anilines is 3. The van der Waals surface area contributed by atoms with Gasteiger partial charge in [0.05, 0.1) is 0 Å². The van der Waals surface area contributed by atoms with Gasteiger partial charge in [-0.25, -0.2) is 9.37 Å². The van der Waals surface area contributed by atoms with Gasteiger partial charge in [0.15, 0.2) is 0 Å². The topological polar surface area (TPSA) is 59.1 Å². The van der Waals surface area contributed by atoms with Crippen LogP contribution in [0.25, 0.3) is 0 Å². The lowest BCUT2D eigenvalue weighted by atomic mass is 10.3. The summed E-state index contributed by atoms with van der Waals surface area (Å²) >= 11 is 0. The van der Waals surface area contributed by atoms with Crippen LogP contribution in [-0.4, -0.2) is 30.2 Å². The van der Waals surface area contributed by atoms with Crippen molar-refractivity contribution in [3.63, 3.8) is 0 Å². The highest BCUT2D eigenvalue weighted by Crippen LogP contribution is 2.15. The van der Waals surface area contributed by atoms with Crippen LogP contribution in [0, 0.1) is 5.82 Å². The number of nitrogens with zero attached hydrogens (tertiary/aromatic N) is 2. The second kappa shape index (κ2) is 7.40. The van der Waals surface area contributed by atoms with Gasteiger partial charge in [-0.2, -0.15) is 4.98 Å². The first kappa shape index (κ1) is 14.2. The van der Waals surface area contributed by atoms with E-state index >= 15 is 0 Å². The standard InChI is InChI=1S/C14H17FN4O/c1-20-10-2-8-16-14-17-9-7-13(19-14)18-12-5-3-11(15)4-6-12/h3-7,9H,2,8,10H2,1H3,(H2,16,17,18,19). The summed E-state index contributed by atoms with van der Waals surface area (Å²) in [5, 5.41) is 6.20. The molecule has 2 N–H and O–H groups in total. The molecule has 0 aliphatic carbocycles. The molecule has 0 fully saturated rings. The van der Waals surface area contributed by atoms with E-state index in [1.807, 2.05) is 0 Å². The number of hydrogen-bond acceptors (Lipinski definition) is 5. The molecule has 5 nitrogen and oxygen atoms in total. The highest BCUT2D eigenvalue weighted by molar-refractivity contribution is 5.56. The zero-order valence-corrected chi connectivity index (χ0v) is 11.3. The largest absolute Gasteiger partial charge is 0.385 e. The number of halogens is 1. The van der Waals surface area contributed by atoms with E-state index in [0.717, 1.165) is 18.7 Å². The Kier molecular flexibility index (Phi) is 5.25. The molecule has 0 atom stereocenters. The van der Waals surface area contributed by atoms with E-state index < -0.39 is 0 Å². The second-order valence-corrected chi connectivity index (χ2v) is 4.17. The van der Waals surface area contributed by atoms with Gasteiger partial charge in [0, 0.05) is 32.1 Å². The highest BCUT2D eigenvalue weighted by atomic mass is 19.1. The minimum atomic E-state index is -0.265. The summed E-state index contributed by atoms with van der Waals surface area (Å²) in [4.78, 5) is 8.45. The molecule has 0 unspecified atom stereocenters. The molecule has 0 spiro atoms. The summed E-state index contributed by atoms with van der Waals surface area (Å²) in [6.07, 6.45) is 2.55. The third-order valence-electron chi connectivity index (χ3n) is 2.58. The summed E-state index contributed by atoms with van der Waals surface area (Å²) in [5.74, 6) is 0.938. The van der Waals surface area contributed by atoms with Crippen LogP contribution in [0.2, 0.25) is 0 Å². The van der Waals surface area contributed by atoms with E-state index in [1.165, 1.54) is 12.1 Å². The van der Waals surface area contributed by atoms with E-state index in [0.29, 0.717) is 18.4 Å². The fraction of sp³-hybridized carbons (Fsp3) is 0.286. The average Bonchev–Trinajstić information content (AvgIpc) is 2.47. The third kappa shape index (κ3) is 4.47. The fourth-order valence-electron chi connectivity index (χ4n) is 1.61. The van der Waals surface area contributed by atoms with Crippen molar-refractivity contribution in [1.82, 2.24) is 9.97 Å². The first-order valence-electron chi connectivity index (χ1n) is 6.36. The molecule has 0 saturated carbocycles. The number of benzene rings is 1. The van der Waals surface area contributed by atoms with Crippen LogP contribution in [0.4, 0.5) is 21.8 Å². The number of hydrogen-bond donors (Lipinski definition) is 2. The van der Waals surface area contributed by atoms with Crippen LogP contribution in [0.15, 0.2) is 36.5 Å². The lowest BCUT2D eigenvalue weighted by Gasteiger charge is -2.08. The Hall–Kier alpha value is -2.21. The molecular formula is C14H17FN4O. The Morgan fingerprint density at radius 2 is 2.00 bits per heavy atom. The van der Waals surface area contributed by atoms with Crippen LogP contribution in [0.3, 0.4) is 0 Å². The van der Waals surface area contributed by atoms with Crippen molar-refractivity contribution < 1.29 is 9.13 Å². The molecule has 0 aliphatic heterocycles. The Labute approximate surface area is 117 Å². The third-order valence-corrected chi connectivity index (χ3v) is 2.58. The molecule has 1 aromatic heterocycles. The molecule has 0 bridgehead atoms. The molecule has 2 aromatic rings. The van der Waals surface area contributed by atoms with Crippen molar-refractivity contribution in [3.05, 3.63) is 42.3 Å². The monoisotopic (exact) mass is 276 g/mol. The van der Waals surface area contributed by atoms with Crippen molar-refractivity contribution in [2.75, 3.05) is 30.9 Å². The average molecular weight is 276 g/mol. The minimum Gasteiger partial charge on any atom is -0.385 e. The molecule has 0 saturated heterocycles. The Balaban J connectivity index is 1.93. The SMILES string of the molecule is COCCCNc1nccc(Nc2ccc(F)cc2)n1. The van der Waals surface area contributed by atoms with Crippen molar-refractivity contribution >= 4 is 17.5 Å². The molecule has 106 valence electrons. The molecule has 20 heavy (non-hydrogen) atoms. The highest BCUT2D eigenvalue weighted by Gasteiger charge is 2.00. The number of ether oxygens (including phenoxy) is 1. The molecule has 2 rings (SSSR count). The quantitative estimate of drug-likeness (QED) is 0.761. The van der Waals surface area contributed by atoms with Gasteiger partial charge in [0.1, 0.15) is 11.6 Å². The number of aromatic nitrogens is 2. The van der Waals surface area contributed by atoms with Crippen molar-refractivity contribution in [2.24, 2.45) is 0 Å². The Bertz CT molecular complexity index is 533. The van der Waals surface area contributed by atoms with Gasteiger partial charge < -0.3 is 15.4 Å². The fourth-order valence-corrected chi connectivity index (χ4v) is 1.61. The van der Waals surface area contributed by atoms with Crippen molar-refractivity contribution in [1.29, 1.82) is 0 Å². The van der Waals surface area contributed by atoms with Crippen LogP contribution in [0.5, 0.6) is 0 Å². The predicted molar refractivity (Wildman–Crippen MR) is 76.7 cm³/mol. The number of rotatable bonds is 7. The molecule has 0 aliphatic rings. The molecular weight excluding hydrogens is 259 g/mol. The molecule has 6 heteroatoms. The second-order valence-electron chi connectivity index (χ2n) is 4.17. The Morgan fingerprint density at radius 3 is 2.75 bits per heavy atom. The molecule has 0 amide bonds. The van der Waals surface area contributed by atoms with Gasteiger partial charge in [-0.15, -0.1) is 0 Å². The van der Waals surface area contributed by atoms with Gasteiger partial charge >= 0.3 is 0 Å². The van der Waals surface area contributed by atoms with Crippen LogP contribution >= 0.6 is 0 Å². The van der Waals surface area contributed by atoms with Gasteiger partial charge in [-0.3, -0.25) is 0 Å². The summed E-state index contributed by atoms with van der Waals surface area (Å²) in [6.45, 7) is 1.44. The molecule has 0 radical (unpaired) electrons. The number of nitrogens with one attached hydrogen (secondary N) is 2. The van der Waals surface area contributed by atoms with E-state index in [2.05, 4.69) is 20.6 Å². The smallest absolute Gasteiger partial charge is 0.224 e. The van der Waals surface area contributed by atoms with E-state index in [1.54, 1.807) is 31.5 Å². The minimum absolute atomic E-state index is 0.265. The first-order valence-corrected chi connectivity index (χ1v) is 6.36. The normalized spacial score (nSPS) is 10.3.